The average molecular weight is 381 g/mol. The van der Waals surface area contributed by atoms with E-state index in [9.17, 15) is 9.59 Å². The van der Waals surface area contributed by atoms with Crippen LogP contribution in [-0.2, 0) is 4.79 Å². The number of amides is 2. The van der Waals surface area contributed by atoms with Crippen molar-refractivity contribution in [2.24, 2.45) is 29.1 Å². The fraction of sp³-hybridized carbons (Fsp3) is 0.667. The molecule has 1 aromatic carbocycles. The van der Waals surface area contributed by atoms with E-state index in [1.807, 2.05) is 29.2 Å². The molecule has 1 saturated heterocycles. The molecule has 4 aliphatic carbocycles. The number of hydrogen-bond donors (Lipinski definition) is 1. The van der Waals surface area contributed by atoms with Crippen LogP contribution >= 0.6 is 0 Å². The Morgan fingerprint density at radius 3 is 2.00 bits per heavy atom. The van der Waals surface area contributed by atoms with Gasteiger partial charge in [0.2, 0.25) is 5.91 Å². The second-order valence-electron chi connectivity index (χ2n) is 10.2. The Hall–Kier alpha value is -1.84. The molecule has 5 aliphatic rings. The van der Waals surface area contributed by atoms with Gasteiger partial charge < -0.3 is 10.2 Å². The number of nitrogens with one attached hydrogen (secondary N) is 1. The summed E-state index contributed by atoms with van der Waals surface area (Å²) in [7, 11) is 0. The molecular weight excluding hydrogens is 348 g/mol. The molecule has 4 heteroatoms. The van der Waals surface area contributed by atoms with Crippen molar-refractivity contribution in [3.05, 3.63) is 29.8 Å². The Morgan fingerprint density at radius 2 is 1.46 bits per heavy atom. The van der Waals surface area contributed by atoms with Crippen molar-refractivity contribution in [3.8, 4) is 0 Å². The van der Waals surface area contributed by atoms with Gasteiger partial charge in [-0.25, -0.2) is 0 Å². The van der Waals surface area contributed by atoms with E-state index >= 15 is 0 Å². The van der Waals surface area contributed by atoms with Crippen LogP contribution in [0.5, 0.6) is 0 Å². The van der Waals surface area contributed by atoms with Gasteiger partial charge in [-0.2, -0.15) is 0 Å². The average Bonchev–Trinajstić information content (AvgIpc) is 2.67. The summed E-state index contributed by atoms with van der Waals surface area (Å²) in [4.78, 5) is 27.8. The Balaban J connectivity index is 1.24. The summed E-state index contributed by atoms with van der Waals surface area (Å²) >= 11 is 0. The van der Waals surface area contributed by atoms with Crippen molar-refractivity contribution in [1.29, 1.82) is 0 Å². The number of carbonyl (C=O) groups is 2. The molecule has 0 spiro atoms. The van der Waals surface area contributed by atoms with Gasteiger partial charge in [0.05, 0.1) is 5.41 Å². The number of piperidine rings is 1. The van der Waals surface area contributed by atoms with E-state index in [0.29, 0.717) is 5.92 Å². The number of rotatable bonds is 3. The molecule has 6 rings (SSSR count). The summed E-state index contributed by atoms with van der Waals surface area (Å²) in [6, 6.07) is 7.54. The van der Waals surface area contributed by atoms with E-state index in [2.05, 4.69) is 12.2 Å². The van der Waals surface area contributed by atoms with Crippen LogP contribution < -0.4 is 5.32 Å². The van der Waals surface area contributed by atoms with Crippen molar-refractivity contribution < 1.29 is 9.59 Å². The zero-order chi connectivity index (χ0) is 19.3. The number of likely N-dealkylation sites (tertiary alicyclic amines) is 1. The third-order valence-corrected chi connectivity index (χ3v) is 7.98. The lowest BCUT2D eigenvalue weighted by molar-refractivity contribution is -0.140. The molecule has 150 valence electrons. The maximum absolute atomic E-state index is 13.2. The maximum Gasteiger partial charge on any atom is 0.253 e. The van der Waals surface area contributed by atoms with E-state index in [0.717, 1.165) is 74.2 Å². The highest BCUT2D eigenvalue weighted by Gasteiger charge is 2.54. The van der Waals surface area contributed by atoms with Gasteiger partial charge in [-0.05, 0) is 99.3 Å². The molecule has 0 radical (unpaired) electrons. The molecule has 0 aromatic heterocycles. The molecule has 0 unspecified atom stereocenters. The summed E-state index contributed by atoms with van der Waals surface area (Å²) in [5, 5.41) is 3.19. The zero-order valence-corrected chi connectivity index (χ0v) is 17.0. The molecule has 1 aliphatic heterocycles. The first-order valence-corrected chi connectivity index (χ1v) is 11.2. The highest BCUT2D eigenvalue weighted by Crippen LogP contribution is 2.60. The predicted molar refractivity (Wildman–Crippen MR) is 110 cm³/mol. The van der Waals surface area contributed by atoms with Crippen LogP contribution in [0.4, 0.5) is 5.69 Å². The van der Waals surface area contributed by atoms with Gasteiger partial charge in [0, 0.05) is 24.3 Å². The minimum atomic E-state index is -0.131. The Labute approximate surface area is 168 Å². The van der Waals surface area contributed by atoms with Crippen LogP contribution in [0.1, 0.15) is 68.6 Å². The van der Waals surface area contributed by atoms with Crippen molar-refractivity contribution in [1.82, 2.24) is 4.90 Å². The van der Waals surface area contributed by atoms with E-state index in [1.165, 1.54) is 19.3 Å². The smallest absolute Gasteiger partial charge is 0.253 e. The van der Waals surface area contributed by atoms with Crippen LogP contribution in [0.3, 0.4) is 0 Å². The second-order valence-corrected chi connectivity index (χ2v) is 10.2. The van der Waals surface area contributed by atoms with Gasteiger partial charge in [-0.3, -0.25) is 9.59 Å². The molecule has 2 amide bonds. The largest absolute Gasteiger partial charge is 0.339 e. The number of carbonyl (C=O) groups excluding carboxylic acids is 2. The highest BCUT2D eigenvalue weighted by atomic mass is 16.2. The van der Waals surface area contributed by atoms with E-state index in [1.54, 1.807) is 0 Å². The minimum absolute atomic E-state index is 0.117. The normalized spacial score (nSPS) is 34.5. The van der Waals surface area contributed by atoms with Gasteiger partial charge in [0.25, 0.3) is 5.91 Å². The highest BCUT2D eigenvalue weighted by molar-refractivity contribution is 5.97. The van der Waals surface area contributed by atoms with Crippen LogP contribution in [0.2, 0.25) is 0 Å². The third kappa shape index (κ3) is 3.25. The first-order valence-electron chi connectivity index (χ1n) is 11.2. The van der Waals surface area contributed by atoms with E-state index in [4.69, 9.17) is 0 Å². The van der Waals surface area contributed by atoms with E-state index < -0.39 is 0 Å². The molecule has 4 bridgehead atoms. The Bertz CT molecular complexity index is 726. The molecule has 1 heterocycles. The van der Waals surface area contributed by atoms with Gasteiger partial charge in [-0.1, -0.05) is 6.92 Å². The van der Waals surface area contributed by atoms with Gasteiger partial charge in [0.1, 0.15) is 0 Å². The van der Waals surface area contributed by atoms with Crippen LogP contribution in [0.15, 0.2) is 24.3 Å². The minimum Gasteiger partial charge on any atom is -0.339 e. The monoisotopic (exact) mass is 380 g/mol. The van der Waals surface area contributed by atoms with Gasteiger partial charge >= 0.3 is 0 Å². The topological polar surface area (TPSA) is 49.4 Å². The van der Waals surface area contributed by atoms with Crippen molar-refractivity contribution in [2.45, 2.75) is 58.3 Å². The lowest BCUT2D eigenvalue weighted by atomic mass is 9.49. The molecule has 4 nitrogen and oxygen atoms in total. The molecule has 1 aromatic rings. The fourth-order valence-corrected chi connectivity index (χ4v) is 6.74. The van der Waals surface area contributed by atoms with Crippen LogP contribution in [0, 0.1) is 29.1 Å². The first-order chi connectivity index (χ1) is 13.5. The standard InChI is InChI=1S/C24H32N2O2/c1-16-6-8-26(9-7-16)22(27)20-2-4-21(5-3-20)25-23(28)24-13-17-10-18(14-24)12-19(11-17)15-24/h2-5,16-19H,6-15H2,1H3,(H,25,28). The quantitative estimate of drug-likeness (QED) is 0.825. The second kappa shape index (κ2) is 6.89. The van der Waals surface area contributed by atoms with Crippen LogP contribution in [0.25, 0.3) is 0 Å². The first kappa shape index (κ1) is 18.2. The Kier molecular flexibility index (Phi) is 4.48. The molecule has 0 atom stereocenters. The van der Waals surface area contributed by atoms with Crippen LogP contribution in [-0.4, -0.2) is 29.8 Å². The van der Waals surface area contributed by atoms with E-state index in [-0.39, 0.29) is 17.2 Å². The van der Waals surface area contributed by atoms with Crippen molar-refractivity contribution in [3.63, 3.8) is 0 Å². The van der Waals surface area contributed by atoms with Gasteiger partial charge in [0.15, 0.2) is 0 Å². The number of anilines is 1. The molecular formula is C24H32N2O2. The summed E-state index contributed by atoms with van der Waals surface area (Å²) in [6.07, 6.45) is 9.45. The lowest BCUT2D eigenvalue weighted by Crippen LogP contribution is -2.51. The Morgan fingerprint density at radius 1 is 0.929 bits per heavy atom. The predicted octanol–water partition coefficient (Wildman–Crippen LogP) is 4.71. The molecule has 28 heavy (non-hydrogen) atoms. The van der Waals surface area contributed by atoms with Crippen molar-refractivity contribution in [2.75, 3.05) is 18.4 Å². The summed E-state index contributed by atoms with van der Waals surface area (Å²) in [5.74, 6) is 3.35. The molecule has 5 fully saturated rings. The van der Waals surface area contributed by atoms with Gasteiger partial charge in [-0.15, -0.1) is 0 Å². The number of nitrogens with zero attached hydrogens (tertiary/aromatic N) is 1. The zero-order valence-electron chi connectivity index (χ0n) is 17.0. The van der Waals surface area contributed by atoms with Crippen molar-refractivity contribution >= 4 is 17.5 Å². The summed E-state index contributed by atoms with van der Waals surface area (Å²) in [6.45, 7) is 3.96. The lowest BCUT2D eigenvalue weighted by Gasteiger charge is -2.55. The fourth-order valence-electron chi connectivity index (χ4n) is 6.74. The number of hydrogen-bond acceptors (Lipinski definition) is 2. The molecule has 1 N–H and O–H groups in total. The summed E-state index contributed by atoms with van der Waals surface area (Å²) in [5.41, 5.74) is 1.42. The number of benzene rings is 1. The SMILES string of the molecule is CC1CCN(C(=O)c2ccc(NC(=O)C34CC5CC(CC(C5)C3)C4)cc2)CC1. The summed E-state index contributed by atoms with van der Waals surface area (Å²) < 4.78 is 0. The third-order valence-electron chi connectivity index (χ3n) is 7.98. The maximum atomic E-state index is 13.2. The molecule has 4 saturated carbocycles.